The minimum Gasteiger partial charge on any atom is -0.405 e. The topological polar surface area (TPSA) is 36.9 Å². The van der Waals surface area contributed by atoms with Crippen LogP contribution in [0.1, 0.15) is 74.7 Å². The highest BCUT2D eigenvalue weighted by Gasteiger charge is 2.66. The van der Waals surface area contributed by atoms with E-state index in [2.05, 4.69) is 55.4 Å². The van der Waals surface area contributed by atoms with Gasteiger partial charge in [-0.1, -0.05) is 6.92 Å². The van der Waals surface area contributed by atoms with Crippen molar-refractivity contribution in [2.24, 2.45) is 5.41 Å². The van der Waals surface area contributed by atoms with Crippen molar-refractivity contribution in [1.82, 2.24) is 0 Å². The van der Waals surface area contributed by atoms with Crippen LogP contribution in [0.5, 0.6) is 0 Å². The van der Waals surface area contributed by atoms with Gasteiger partial charge >= 0.3 is 14.0 Å². The van der Waals surface area contributed by atoms with E-state index in [1.807, 2.05) is 0 Å². The highest BCUT2D eigenvalue weighted by atomic mass is 16.7. The van der Waals surface area contributed by atoms with E-state index < -0.39 is 14.0 Å². The summed E-state index contributed by atoms with van der Waals surface area (Å²) >= 11 is 0. The molecule has 2 heterocycles. The first-order chi connectivity index (χ1) is 9.79. The molecule has 0 bridgehead atoms. The first-order valence-corrected chi connectivity index (χ1v) is 8.51. The summed E-state index contributed by atoms with van der Waals surface area (Å²) in [6.07, 6.45) is 3.58. The van der Waals surface area contributed by atoms with Crippen molar-refractivity contribution in [1.29, 1.82) is 0 Å². The van der Waals surface area contributed by atoms with Crippen molar-refractivity contribution in [2.75, 3.05) is 0 Å². The lowest BCUT2D eigenvalue weighted by molar-refractivity contribution is -0.0284. The molecule has 1 aliphatic carbocycles. The fourth-order valence-corrected chi connectivity index (χ4v) is 3.41. The van der Waals surface area contributed by atoms with Gasteiger partial charge in [0.25, 0.3) is 0 Å². The fourth-order valence-electron chi connectivity index (χ4n) is 3.41. The Morgan fingerprint density at radius 1 is 0.636 bits per heavy atom. The van der Waals surface area contributed by atoms with Crippen molar-refractivity contribution in [3.05, 3.63) is 0 Å². The average molecular weight is 308 g/mol. The van der Waals surface area contributed by atoms with Gasteiger partial charge in [-0.2, -0.15) is 0 Å². The summed E-state index contributed by atoms with van der Waals surface area (Å²) < 4.78 is 24.8. The number of hydrogen-bond acceptors (Lipinski definition) is 4. The first kappa shape index (κ1) is 16.8. The minimum absolute atomic E-state index is 0.313. The van der Waals surface area contributed by atoms with Crippen molar-refractivity contribution in [2.45, 2.75) is 97.1 Å². The Bertz CT molecular complexity index is 457. The summed E-state index contributed by atoms with van der Waals surface area (Å²) in [4.78, 5) is 0. The maximum atomic E-state index is 6.38. The minimum atomic E-state index is -0.474. The molecule has 124 valence electrons. The molecule has 1 unspecified atom stereocenters. The van der Waals surface area contributed by atoms with Gasteiger partial charge in [-0.25, -0.2) is 0 Å². The summed E-state index contributed by atoms with van der Waals surface area (Å²) in [6.45, 7) is 16.9. The van der Waals surface area contributed by atoms with E-state index in [-0.39, 0.29) is 22.4 Å². The third-order valence-electron chi connectivity index (χ3n) is 6.42. The third kappa shape index (κ3) is 2.56. The molecule has 0 N–H and O–H groups in total. The van der Waals surface area contributed by atoms with E-state index in [1.165, 1.54) is 12.8 Å². The van der Waals surface area contributed by atoms with Gasteiger partial charge in [0, 0.05) is 0 Å². The van der Waals surface area contributed by atoms with Gasteiger partial charge in [-0.3, -0.25) is 0 Å². The molecule has 2 saturated heterocycles. The molecule has 4 nitrogen and oxygen atoms in total. The lowest BCUT2D eigenvalue weighted by Crippen LogP contribution is -2.46. The zero-order valence-electron chi connectivity index (χ0n) is 15.4. The molecule has 0 aromatic rings. The molecule has 22 heavy (non-hydrogen) atoms. The zero-order chi connectivity index (χ0) is 16.6. The molecule has 0 radical (unpaired) electrons. The van der Waals surface area contributed by atoms with E-state index in [4.69, 9.17) is 18.6 Å². The molecular formula is C16H30B2O4. The van der Waals surface area contributed by atoms with Crippen LogP contribution in [0, 0.1) is 5.41 Å². The molecule has 6 heteroatoms. The molecule has 1 saturated carbocycles. The molecule has 3 fully saturated rings. The lowest BCUT2D eigenvalue weighted by Gasteiger charge is -2.38. The normalized spacial score (nSPS) is 37.6. The van der Waals surface area contributed by atoms with Crippen LogP contribution in [0.2, 0.25) is 0 Å². The average Bonchev–Trinajstić information content (AvgIpc) is 2.90. The van der Waals surface area contributed by atoms with Crippen LogP contribution in [-0.4, -0.2) is 36.4 Å². The predicted molar refractivity (Wildman–Crippen MR) is 88.4 cm³/mol. The summed E-state index contributed by atoms with van der Waals surface area (Å²) in [7, 11) is -0.943. The van der Waals surface area contributed by atoms with Crippen molar-refractivity contribution < 1.29 is 18.6 Å². The Morgan fingerprint density at radius 2 is 1.05 bits per heavy atom. The van der Waals surface area contributed by atoms with Crippen LogP contribution in [0.15, 0.2) is 0 Å². The zero-order valence-corrected chi connectivity index (χ0v) is 15.4. The molecule has 0 amide bonds. The van der Waals surface area contributed by atoms with E-state index in [0.29, 0.717) is 5.41 Å². The smallest absolute Gasteiger partial charge is 0.405 e. The van der Waals surface area contributed by atoms with E-state index in [0.717, 1.165) is 6.42 Å². The third-order valence-corrected chi connectivity index (χ3v) is 6.42. The molecule has 1 atom stereocenters. The van der Waals surface area contributed by atoms with E-state index >= 15 is 0 Å². The van der Waals surface area contributed by atoms with Gasteiger partial charge in [0.1, 0.15) is 0 Å². The number of hydrogen-bond donors (Lipinski definition) is 0. The SMILES string of the molecule is CC1(CC2(C)OB(B3OC(C)(C)C(C)(C)O3)OC2(C)C)CC1. The molecule has 2 aliphatic heterocycles. The molecule has 0 spiro atoms. The Kier molecular flexibility index (Phi) is 3.46. The summed E-state index contributed by atoms with van der Waals surface area (Å²) in [5.41, 5.74) is -0.994. The van der Waals surface area contributed by atoms with Crippen LogP contribution >= 0.6 is 0 Å². The summed E-state index contributed by atoms with van der Waals surface area (Å²) in [5, 5.41) is 0. The van der Waals surface area contributed by atoms with Crippen molar-refractivity contribution in [3.8, 4) is 0 Å². The summed E-state index contributed by atoms with van der Waals surface area (Å²) in [6, 6.07) is 0. The van der Waals surface area contributed by atoms with Crippen LogP contribution in [-0.2, 0) is 18.6 Å². The molecule has 3 rings (SSSR count). The Hall–Kier alpha value is -0.0301. The first-order valence-electron chi connectivity index (χ1n) is 8.51. The number of rotatable bonds is 3. The second kappa shape index (κ2) is 4.53. The largest absolute Gasteiger partial charge is 0.488 e. The standard InChI is InChI=1S/C16H30B2O4/c1-12(2)13(3,4)20-17(19-12)18-21-14(5,6)16(8,22-18)11-15(7)9-10-15/h9-11H2,1-8H3. The van der Waals surface area contributed by atoms with Crippen LogP contribution in [0.4, 0.5) is 0 Å². The van der Waals surface area contributed by atoms with Crippen molar-refractivity contribution in [3.63, 3.8) is 0 Å². The lowest BCUT2D eigenvalue weighted by atomic mass is 9.49. The van der Waals surface area contributed by atoms with Gasteiger partial charge in [0.15, 0.2) is 0 Å². The van der Waals surface area contributed by atoms with Crippen LogP contribution < -0.4 is 0 Å². The molecule has 0 aromatic heterocycles. The van der Waals surface area contributed by atoms with Crippen molar-refractivity contribution >= 4 is 14.0 Å². The van der Waals surface area contributed by atoms with Crippen LogP contribution in [0.3, 0.4) is 0 Å². The maximum Gasteiger partial charge on any atom is 0.488 e. The second-order valence-electron chi connectivity index (χ2n) is 9.46. The summed E-state index contributed by atoms with van der Waals surface area (Å²) in [5.74, 6) is 0. The maximum absolute atomic E-state index is 6.38. The highest BCUT2D eigenvalue weighted by molar-refractivity contribution is 7.11. The Labute approximate surface area is 135 Å². The van der Waals surface area contributed by atoms with E-state index in [9.17, 15) is 0 Å². The second-order valence-corrected chi connectivity index (χ2v) is 9.46. The van der Waals surface area contributed by atoms with Gasteiger partial charge in [-0.05, 0) is 73.1 Å². The molecule has 3 aliphatic rings. The quantitative estimate of drug-likeness (QED) is 0.749. The highest BCUT2D eigenvalue weighted by Crippen LogP contribution is 2.56. The van der Waals surface area contributed by atoms with Crippen LogP contribution in [0.25, 0.3) is 0 Å². The Balaban J connectivity index is 1.76. The van der Waals surface area contributed by atoms with Gasteiger partial charge < -0.3 is 18.6 Å². The van der Waals surface area contributed by atoms with E-state index in [1.54, 1.807) is 0 Å². The van der Waals surface area contributed by atoms with Gasteiger partial charge in [-0.15, -0.1) is 0 Å². The fraction of sp³-hybridized carbons (Fsp3) is 1.00. The Morgan fingerprint density at radius 3 is 1.50 bits per heavy atom. The predicted octanol–water partition coefficient (Wildman–Crippen LogP) is 3.42. The van der Waals surface area contributed by atoms with Gasteiger partial charge in [0.05, 0.1) is 22.4 Å². The van der Waals surface area contributed by atoms with Gasteiger partial charge in [0.2, 0.25) is 0 Å². The monoisotopic (exact) mass is 308 g/mol. The molecular weight excluding hydrogens is 278 g/mol. The molecule has 0 aromatic carbocycles.